The minimum Gasteiger partial charge on any atom is -0.489 e. The van der Waals surface area contributed by atoms with E-state index in [1.54, 1.807) is 6.92 Å². The quantitative estimate of drug-likeness (QED) is 0.787. The lowest BCUT2D eigenvalue weighted by molar-refractivity contribution is -0.151. The van der Waals surface area contributed by atoms with E-state index in [0.717, 1.165) is 12.1 Å². The van der Waals surface area contributed by atoms with E-state index >= 15 is 0 Å². The van der Waals surface area contributed by atoms with Gasteiger partial charge >= 0.3 is 6.18 Å². The SMILES string of the molecule is CCC1(C)C(=O)CC1Oc1ccc(F)c(C(F)(F)F)c1. The highest BCUT2D eigenvalue weighted by Gasteiger charge is 2.51. The van der Waals surface area contributed by atoms with Crippen molar-refractivity contribution in [1.29, 1.82) is 0 Å². The Kier molecular flexibility index (Phi) is 3.52. The topological polar surface area (TPSA) is 26.3 Å². The largest absolute Gasteiger partial charge is 0.489 e. The number of carbonyl (C=O) groups is 1. The van der Waals surface area contributed by atoms with Gasteiger partial charge in [0.1, 0.15) is 23.5 Å². The first-order valence-corrected chi connectivity index (χ1v) is 6.25. The van der Waals surface area contributed by atoms with Crippen LogP contribution in [0.1, 0.15) is 32.3 Å². The number of carbonyl (C=O) groups excluding carboxylic acids is 1. The molecule has 2 nitrogen and oxygen atoms in total. The molecule has 0 N–H and O–H groups in total. The van der Waals surface area contributed by atoms with Crippen molar-refractivity contribution in [2.75, 3.05) is 0 Å². The molecule has 110 valence electrons. The van der Waals surface area contributed by atoms with Gasteiger partial charge in [0.2, 0.25) is 0 Å². The maximum atomic E-state index is 13.1. The van der Waals surface area contributed by atoms with Crippen molar-refractivity contribution in [2.45, 2.75) is 39.0 Å². The molecule has 2 unspecified atom stereocenters. The highest BCUT2D eigenvalue weighted by molar-refractivity contribution is 5.92. The molecule has 0 spiro atoms. The average molecular weight is 290 g/mol. The number of ketones is 1. The van der Waals surface area contributed by atoms with Crippen molar-refractivity contribution in [2.24, 2.45) is 5.41 Å². The molecule has 0 saturated heterocycles. The second kappa shape index (κ2) is 4.75. The smallest absolute Gasteiger partial charge is 0.419 e. The van der Waals surface area contributed by atoms with Crippen LogP contribution in [0.4, 0.5) is 17.6 Å². The molecule has 2 atom stereocenters. The molecular weight excluding hydrogens is 276 g/mol. The fourth-order valence-corrected chi connectivity index (χ4v) is 2.23. The number of rotatable bonds is 3. The van der Waals surface area contributed by atoms with Gasteiger partial charge in [-0.1, -0.05) is 6.92 Å². The Morgan fingerprint density at radius 3 is 2.55 bits per heavy atom. The van der Waals surface area contributed by atoms with E-state index < -0.39 is 29.1 Å². The Morgan fingerprint density at radius 1 is 1.40 bits per heavy atom. The van der Waals surface area contributed by atoms with Crippen molar-refractivity contribution in [3.05, 3.63) is 29.6 Å². The molecule has 2 rings (SSSR count). The number of Topliss-reactive ketones (excluding diaryl/α,β-unsaturated/α-hetero) is 1. The first-order valence-electron chi connectivity index (χ1n) is 6.25. The van der Waals surface area contributed by atoms with Gasteiger partial charge < -0.3 is 4.74 Å². The summed E-state index contributed by atoms with van der Waals surface area (Å²) in [6, 6.07) is 2.50. The normalized spacial score (nSPS) is 26.3. The van der Waals surface area contributed by atoms with E-state index in [1.165, 1.54) is 0 Å². The summed E-state index contributed by atoms with van der Waals surface area (Å²) in [5.41, 5.74) is -2.04. The van der Waals surface area contributed by atoms with E-state index in [2.05, 4.69) is 0 Å². The first kappa shape index (κ1) is 14.8. The number of ether oxygens (including phenoxy) is 1. The predicted octanol–water partition coefficient (Wildman–Crippen LogP) is 3.98. The summed E-state index contributed by atoms with van der Waals surface area (Å²) in [6.07, 6.45) is -4.52. The summed E-state index contributed by atoms with van der Waals surface area (Å²) in [6.45, 7) is 3.54. The maximum Gasteiger partial charge on any atom is 0.419 e. The van der Waals surface area contributed by atoms with Gasteiger partial charge in [0.15, 0.2) is 0 Å². The molecule has 1 aliphatic rings. The minimum atomic E-state index is -4.77. The molecule has 0 radical (unpaired) electrons. The van der Waals surface area contributed by atoms with Crippen LogP contribution in [0.2, 0.25) is 0 Å². The van der Waals surface area contributed by atoms with Crippen LogP contribution in [-0.2, 0) is 11.0 Å². The van der Waals surface area contributed by atoms with Crippen LogP contribution >= 0.6 is 0 Å². The molecule has 0 bridgehead atoms. The second-order valence-electron chi connectivity index (χ2n) is 5.14. The van der Waals surface area contributed by atoms with Gasteiger partial charge in [-0.05, 0) is 31.5 Å². The summed E-state index contributed by atoms with van der Waals surface area (Å²) in [5.74, 6) is -1.38. The fourth-order valence-electron chi connectivity index (χ4n) is 2.23. The van der Waals surface area contributed by atoms with E-state index in [-0.39, 0.29) is 18.0 Å². The van der Waals surface area contributed by atoms with Crippen molar-refractivity contribution >= 4 is 5.78 Å². The van der Waals surface area contributed by atoms with E-state index in [9.17, 15) is 22.4 Å². The third-order valence-electron chi connectivity index (χ3n) is 3.97. The third-order valence-corrected chi connectivity index (χ3v) is 3.97. The zero-order chi connectivity index (χ0) is 15.1. The number of benzene rings is 1. The molecule has 0 aromatic heterocycles. The van der Waals surface area contributed by atoms with E-state index in [4.69, 9.17) is 4.74 Å². The van der Waals surface area contributed by atoms with Crippen LogP contribution in [0.25, 0.3) is 0 Å². The Balaban J connectivity index is 2.22. The monoisotopic (exact) mass is 290 g/mol. The van der Waals surface area contributed by atoms with E-state index in [1.807, 2.05) is 6.92 Å². The highest BCUT2D eigenvalue weighted by atomic mass is 19.4. The third kappa shape index (κ3) is 2.39. The minimum absolute atomic E-state index is 0.0307. The Labute approximate surface area is 113 Å². The van der Waals surface area contributed by atoms with Crippen molar-refractivity contribution < 1.29 is 27.1 Å². The Hall–Kier alpha value is -1.59. The predicted molar refractivity (Wildman–Crippen MR) is 63.8 cm³/mol. The number of hydrogen-bond acceptors (Lipinski definition) is 2. The zero-order valence-electron chi connectivity index (χ0n) is 11.1. The first-order chi connectivity index (χ1) is 9.18. The number of hydrogen-bond donors (Lipinski definition) is 0. The molecule has 0 heterocycles. The molecule has 1 aromatic rings. The Bertz CT molecular complexity index is 538. The van der Waals surface area contributed by atoms with Gasteiger partial charge in [-0.2, -0.15) is 13.2 Å². The van der Waals surface area contributed by atoms with Crippen molar-refractivity contribution in [3.63, 3.8) is 0 Å². The van der Waals surface area contributed by atoms with Gasteiger partial charge in [0.25, 0.3) is 0 Å². The van der Waals surface area contributed by atoms with Crippen molar-refractivity contribution in [1.82, 2.24) is 0 Å². The molecule has 6 heteroatoms. The van der Waals surface area contributed by atoms with Gasteiger partial charge in [0.05, 0.1) is 11.0 Å². The van der Waals surface area contributed by atoms with Gasteiger partial charge in [-0.3, -0.25) is 4.79 Å². The Morgan fingerprint density at radius 2 is 2.05 bits per heavy atom. The van der Waals surface area contributed by atoms with Crippen LogP contribution in [0.5, 0.6) is 5.75 Å². The van der Waals surface area contributed by atoms with Crippen LogP contribution in [0.15, 0.2) is 18.2 Å². The molecule has 1 aliphatic carbocycles. The lowest BCUT2D eigenvalue weighted by Crippen LogP contribution is -2.54. The van der Waals surface area contributed by atoms with Crippen molar-refractivity contribution in [3.8, 4) is 5.75 Å². The highest BCUT2D eigenvalue weighted by Crippen LogP contribution is 2.43. The van der Waals surface area contributed by atoms with Crippen LogP contribution in [0, 0.1) is 11.2 Å². The lowest BCUT2D eigenvalue weighted by Gasteiger charge is -2.44. The maximum absolute atomic E-state index is 13.1. The molecule has 1 aromatic carbocycles. The molecular formula is C14H14F4O2. The van der Waals surface area contributed by atoms with Crippen LogP contribution in [-0.4, -0.2) is 11.9 Å². The summed E-state index contributed by atoms with van der Waals surface area (Å²) in [7, 11) is 0. The molecule has 0 amide bonds. The zero-order valence-corrected chi connectivity index (χ0v) is 11.1. The molecule has 20 heavy (non-hydrogen) atoms. The summed E-state index contributed by atoms with van der Waals surface area (Å²) >= 11 is 0. The van der Waals surface area contributed by atoms with Gasteiger partial charge in [0, 0.05) is 6.42 Å². The van der Waals surface area contributed by atoms with Crippen LogP contribution in [0.3, 0.4) is 0 Å². The number of alkyl halides is 3. The summed E-state index contributed by atoms with van der Waals surface area (Å²) in [5, 5.41) is 0. The van der Waals surface area contributed by atoms with Gasteiger partial charge in [-0.15, -0.1) is 0 Å². The standard InChI is InChI=1S/C14H14F4O2/c1-3-13(2)11(19)7-12(13)20-8-4-5-10(15)9(6-8)14(16,17)18/h4-6,12H,3,7H2,1-2H3. The summed E-state index contributed by atoms with van der Waals surface area (Å²) < 4.78 is 56.4. The average Bonchev–Trinajstić information content (AvgIpc) is 2.38. The van der Waals surface area contributed by atoms with Crippen LogP contribution < -0.4 is 4.74 Å². The molecule has 1 saturated carbocycles. The number of halogens is 4. The van der Waals surface area contributed by atoms with E-state index in [0.29, 0.717) is 12.5 Å². The summed E-state index contributed by atoms with van der Waals surface area (Å²) in [4.78, 5) is 11.5. The van der Waals surface area contributed by atoms with Gasteiger partial charge in [-0.25, -0.2) is 4.39 Å². The molecule has 1 fully saturated rings. The second-order valence-corrected chi connectivity index (χ2v) is 5.14. The molecule has 0 aliphatic heterocycles. The lowest BCUT2D eigenvalue weighted by atomic mass is 9.64. The fraction of sp³-hybridized carbons (Fsp3) is 0.500.